The first-order chi connectivity index (χ1) is 14.0. The second-order valence-corrected chi connectivity index (χ2v) is 9.93. The molecule has 5 rings (SSSR count). The van der Waals surface area contributed by atoms with Crippen molar-refractivity contribution in [2.24, 2.45) is 28.6 Å². The molecule has 0 aliphatic heterocycles. The zero-order valence-electron chi connectivity index (χ0n) is 17.9. The minimum Gasteiger partial charge on any atom is -0.498 e. The molecule has 0 bridgehead atoms. The Kier molecular flexibility index (Phi) is 4.49. The quantitative estimate of drug-likeness (QED) is 0.569. The van der Waals surface area contributed by atoms with E-state index in [4.69, 9.17) is 4.74 Å². The van der Waals surface area contributed by atoms with E-state index in [-0.39, 0.29) is 16.6 Å². The first kappa shape index (κ1) is 19.1. The van der Waals surface area contributed by atoms with Crippen LogP contribution in [0.5, 0.6) is 0 Å². The summed E-state index contributed by atoms with van der Waals surface area (Å²) in [5, 5.41) is 0. The lowest BCUT2D eigenvalue weighted by Crippen LogP contribution is -2.48. The number of hydrogen-bond donors (Lipinski definition) is 0. The second kappa shape index (κ2) is 6.82. The predicted molar refractivity (Wildman–Crippen MR) is 114 cm³/mol. The van der Waals surface area contributed by atoms with Crippen molar-refractivity contribution in [1.82, 2.24) is 4.98 Å². The SMILES string of the molecule is CCOC1=CC2=CCC3C(CCC4(C)C(c5cncc(F)c5)=CCC34)C2(C)CC1. The van der Waals surface area contributed by atoms with E-state index in [1.165, 1.54) is 42.4 Å². The van der Waals surface area contributed by atoms with Crippen molar-refractivity contribution in [3.8, 4) is 0 Å². The van der Waals surface area contributed by atoms with Crippen LogP contribution in [0.25, 0.3) is 5.57 Å². The summed E-state index contributed by atoms with van der Waals surface area (Å²) in [4.78, 5) is 4.12. The van der Waals surface area contributed by atoms with Gasteiger partial charge in [0.15, 0.2) is 0 Å². The van der Waals surface area contributed by atoms with E-state index in [1.807, 2.05) is 6.20 Å². The van der Waals surface area contributed by atoms with Gasteiger partial charge >= 0.3 is 0 Å². The van der Waals surface area contributed by atoms with E-state index >= 15 is 0 Å². The van der Waals surface area contributed by atoms with Gasteiger partial charge in [0.2, 0.25) is 0 Å². The van der Waals surface area contributed by atoms with Crippen LogP contribution >= 0.6 is 0 Å². The Labute approximate surface area is 174 Å². The fourth-order valence-electron chi connectivity index (χ4n) is 7.17. The van der Waals surface area contributed by atoms with E-state index in [2.05, 4.69) is 44.0 Å². The fourth-order valence-corrected chi connectivity index (χ4v) is 7.17. The molecule has 1 aromatic heterocycles. The summed E-state index contributed by atoms with van der Waals surface area (Å²) in [7, 11) is 0. The molecule has 2 nitrogen and oxygen atoms in total. The second-order valence-electron chi connectivity index (χ2n) is 9.93. The van der Waals surface area contributed by atoms with E-state index < -0.39 is 0 Å². The zero-order chi connectivity index (χ0) is 20.2. The lowest BCUT2D eigenvalue weighted by molar-refractivity contribution is -0.00491. The molecule has 0 amide bonds. The summed E-state index contributed by atoms with van der Waals surface area (Å²) in [6, 6.07) is 1.67. The standard InChI is InChI=1S/C26H32FNO/c1-4-29-20-9-11-25(2)18(14-20)5-6-21-23-8-7-22(17-13-19(27)16-28-15-17)26(23,3)12-10-24(21)25/h5,7,13-16,21,23-24H,4,6,8-12H2,1-3H3. The number of nitrogens with zero attached hydrogens (tertiary/aromatic N) is 1. The zero-order valence-corrected chi connectivity index (χ0v) is 17.9. The van der Waals surface area contributed by atoms with Crippen LogP contribution < -0.4 is 0 Å². The van der Waals surface area contributed by atoms with Crippen LogP contribution in [0.1, 0.15) is 64.9 Å². The summed E-state index contributed by atoms with van der Waals surface area (Å²) >= 11 is 0. The maximum atomic E-state index is 13.8. The normalized spacial score (nSPS) is 38.2. The van der Waals surface area contributed by atoms with Gasteiger partial charge in [-0.05, 0) is 96.5 Å². The number of halogens is 1. The van der Waals surface area contributed by atoms with Crippen molar-refractivity contribution in [3.05, 3.63) is 59.4 Å². The molecule has 5 unspecified atom stereocenters. The van der Waals surface area contributed by atoms with Crippen molar-refractivity contribution in [2.75, 3.05) is 6.61 Å². The molecular formula is C26H32FNO. The Bertz CT molecular complexity index is 915. The van der Waals surface area contributed by atoms with Gasteiger partial charge in [0.05, 0.1) is 18.6 Å². The van der Waals surface area contributed by atoms with Gasteiger partial charge in [-0.1, -0.05) is 26.0 Å². The van der Waals surface area contributed by atoms with Gasteiger partial charge < -0.3 is 4.74 Å². The highest BCUT2D eigenvalue weighted by Crippen LogP contribution is 2.66. The van der Waals surface area contributed by atoms with Crippen LogP contribution in [-0.2, 0) is 4.74 Å². The number of pyridine rings is 1. The van der Waals surface area contributed by atoms with E-state index in [1.54, 1.807) is 6.07 Å². The lowest BCUT2D eigenvalue weighted by atomic mass is 9.48. The van der Waals surface area contributed by atoms with Crippen molar-refractivity contribution < 1.29 is 9.13 Å². The Morgan fingerprint density at radius 1 is 1.10 bits per heavy atom. The minimum atomic E-state index is -0.235. The van der Waals surface area contributed by atoms with Gasteiger partial charge in [0, 0.05) is 12.6 Å². The summed E-state index contributed by atoms with van der Waals surface area (Å²) < 4.78 is 19.7. The van der Waals surface area contributed by atoms with Crippen molar-refractivity contribution >= 4 is 5.57 Å². The molecule has 0 aromatic carbocycles. The number of aromatic nitrogens is 1. The van der Waals surface area contributed by atoms with Crippen molar-refractivity contribution in [3.63, 3.8) is 0 Å². The topological polar surface area (TPSA) is 22.1 Å². The first-order valence-electron chi connectivity index (χ1n) is 11.3. The number of fused-ring (bicyclic) bond motifs is 5. The van der Waals surface area contributed by atoms with Gasteiger partial charge in [0.25, 0.3) is 0 Å². The maximum Gasteiger partial charge on any atom is 0.142 e. The third-order valence-electron chi connectivity index (χ3n) is 8.66. The van der Waals surface area contributed by atoms with Gasteiger partial charge in [-0.25, -0.2) is 4.39 Å². The predicted octanol–water partition coefficient (Wildman–Crippen LogP) is 6.71. The van der Waals surface area contributed by atoms with Crippen LogP contribution in [0.15, 0.2) is 48.0 Å². The van der Waals surface area contributed by atoms with E-state index in [0.717, 1.165) is 37.4 Å². The van der Waals surface area contributed by atoms with Gasteiger partial charge in [-0.15, -0.1) is 0 Å². The van der Waals surface area contributed by atoms with Crippen LogP contribution in [0.2, 0.25) is 0 Å². The molecule has 1 heterocycles. The fraction of sp³-hybridized carbons (Fsp3) is 0.577. The first-order valence-corrected chi connectivity index (χ1v) is 11.3. The van der Waals surface area contributed by atoms with Crippen LogP contribution in [0, 0.1) is 34.4 Å². The third kappa shape index (κ3) is 2.84. The lowest BCUT2D eigenvalue weighted by Gasteiger charge is -2.56. The maximum absolute atomic E-state index is 13.8. The Morgan fingerprint density at radius 3 is 2.76 bits per heavy atom. The summed E-state index contributed by atoms with van der Waals surface area (Å²) in [6.45, 7) is 7.75. The molecule has 0 radical (unpaired) electrons. The van der Waals surface area contributed by atoms with Gasteiger partial charge in [-0.3, -0.25) is 4.98 Å². The third-order valence-corrected chi connectivity index (χ3v) is 8.66. The summed E-state index contributed by atoms with van der Waals surface area (Å²) in [6.07, 6.45) is 17.4. The molecular weight excluding hydrogens is 361 g/mol. The van der Waals surface area contributed by atoms with Gasteiger partial charge in [0.1, 0.15) is 5.82 Å². The smallest absolute Gasteiger partial charge is 0.142 e. The highest BCUT2D eigenvalue weighted by molar-refractivity contribution is 5.72. The molecule has 0 N–H and O–H groups in total. The highest BCUT2D eigenvalue weighted by atomic mass is 19.1. The molecule has 1 fully saturated rings. The Morgan fingerprint density at radius 2 is 1.97 bits per heavy atom. The number of rotatable bonds is 3. The van der Waals surface area contributed by atoms with Crippen LogP contribution in [0.3, 0.4) is 0 Å². The van der Waals surface area contributed by atoms with E-state index in [9.17, 15) is 4.39 Å². The van der Waals surface area contributed by atoms with Crippen molar-refractivity contribution in [1.29, 1.82) is 0 Å². The largest absolute Gasteiger partial charge is 0.498 e. The number of allylic oxidation sites excluding steroid dienone is 6. The molecule has 4 aliphatic carbocycles. The molecule has 29 heavy (non-hydrogen) atoms. The minimum absolute atomic E-state index is 0.138. The average molecular weight is 394 g/mol. The van der Waals surface area contributed by atoms with E-state index in [0.29, 0.717) is 11.8 Å². The summed E-state index contributed by atoms with van der Waals surface area (Å²) in [5.74, 6) is 3.02. The molecule has 1 saturated carbocycles. The number of ether oxygens (including phenoxy) is 1. The van der Waals surface area contributed by atoms with Crippen LogP contribution in [0.4, 0.5) is 4.39 Å². The molecule has 0 spiro atoms. The van der Waals surface area contributed by atoms with Crippen molar-refractivity contribution in [2.45, 2.75) is 59.3 Å². The molecule has 0 saturated heterocycles. The number of hydrogen-bond acceptors (Lipinski definition) is 2. The molecule has 154 valence electrons. The highest BCUT2D eigenvalue weighted by Gasteiger charge is 2.56. The van der Waals surface area contributed by atoms with Gasteiger partial charge in [-0.2, -0.15) is 0 Å². The molecule has 1 aromatic rings. The summed E-state index contributed by atoms with van der Waals surface area (Å²) in [5.41, 5.74) is 4.23. The average Bonchev–Trinajstić information content (AvgIpc) is 3.06. The monoisotopic (exact) mass is 393 g/mol. The Balaban J connectivity index is 1.46. The molecule has 3 heteroatoms. The Hall–Kier alpha value is -1.90. The molecule has 4 aliphatic rings. The molecule has 5 atom stereocenters. The van der Waals surface area contributed by atoms with Crippen LogP contribution in [-0.4, -0.2) is 11.6 Å².